The van der Waals surface area contributed by atoms with Crippen molar-refractivity contribution in [3.63, 3.8) is 0 Å². The Hall–Kier alpha value is -2.04. The summed E-state index contributed by atoms with van der Waals surface area (Å²) in [7, 11) is 1.75. The van der Waals surface area contributed by atoms with Crippen LogP contribution in [-0.2, 0) is 0 Å². The first-order valence-corrected chi connectivity index (χ1v) is 5.71. The third kappa shape index (κ3) is 1.92. The zero-order valence-corrected chi connectivity index (χ0v) is 10.7. The minimum absolute atomic E-state index is 0.109. The van der Waals surface area contributed by atoms with Crippen molar-refractivity contribution >= 4 is 17.7 Å². The molecule has 2 rings (SSSR count). The molecule has 0 aliphatic carbocycles. The SMILES string of the molecule is CN1C(=O)N(c2cccc(C(=O)O)c2)CC1(C)C. The number of benzene rings is 1. The van der Waals surface area contributed by atoms with E-state index >= 15 is 0 Å². The quantitative estimate of drug-likeness (QED) is 0.871. The lowest BCUT2D eigenvalue weighted by Crippen LogP contribution is -2.38. The van der Waals surface area contributed by atoms with E-state index in [2.05, 4.69) is 0 Å². The second-order valence-corrected chi connectivity index (χ2v) is 5.10. The van der Waals surface area contributed by atoms with Gasteiger partial charge in [-0.2, -0.15) is 0 Å². The third-order valence-electron chi connectivity index (χ3n) is 3.38. The van der Waals surface area contributed by atoms with E-state index in [9.17, 15) is 9.59 Å². The number of urea groups is 1. The Labute approximate surface area is 106 Å². The molecule has 0 radical (unpaired) electrons. The van der Waals surface area contributed by atoms with Gasteiger partial charge in [-0.25, -0.2) is 9.59 Å². The maximum Gasteiger partial charge on any atom is 0.335 e. The van der Waals surface area contributed by atoms with Gasteiger partial charge in [-0.3, -0.25) is 4.90 Å². The molecule has 18 heavy (non-hydrogen) atoms. The Morgan fingerprint density at radius 1 is 1.39 bits per heavy atom. The molecule has 1 fully saturated rings. The van der Waals surface area contributed by atoms with Crippen LogP contribution in [0.4, 0.5) is 10.5 Å². The molecule has 0 saturated carbocycles. The summed E-state index contributed by atoms with van der Waals surface area (Å²) in [6, 6.07) is 6.33. The van der Waals surface area contributed by atoms with E-state index < -0.39 is 5.97 Å². The number of anilines is 1. The number of likely N-dealkylation sites (N-methyl/N-ethyl adjacent to an activating group) is 1. The number of amides is 2. The third-order valence-corrected chi connectivity index (χ3v) is 3.38. The van der Waals surface area contributed by atoms with Crippen molar-refractivity contribution in [2.24, 2.45) is 0 Å². The predicted molar refractivity (Wildman–Crippen MR) is 68.0 cm³/mol. The first-order chi connectivity index (χ1) is 8.33. The van der Waals surface area contributed by atoms with E-state index in [1.165, 1.54) is 12.1 Å². The molecular formula is C13H16N2O3. The van der Waals surface area contributed by atoms with Crippen LogP contribution in [0.3, 0.4) is 0 Å². The lowest BCUT2D eigenvalue weighted by molar-refractivity contribution is 0.0697. The van der Waals surface area contributed by atoms with Crippen LogP contribution in [0, 0.1) is 0 Å². The van der Waals surface area contributed by atoms with E-state index in [0.29, 0.717) is 12.2 Å². The first kappa shape index (κ1) is 12.4. The van der Waals surface area contributed by atoms with E-state index in [0.717, 1.165) is 0 Å². The molecule has 0 unspecified atom stereocenters. The number of carbonyl (C=O) groups excluding carboxylic acids is 1. The number of hydrogen-bond acceptors (Lipinski definition) is 2. The highest BCUT2D eigenvalue weighted by atomic mass is 16.4. The van der Waals surface area contributed by atoms with Crippen molar-refractivity contribution in [2.45, 2.75) is 19.4 Å². The van der Waals surface area contributed by atoms with Gasteiger partial charge in [-0.15, -0.1) is 0 Å². The second kappa shape index (κ2) is 4.01. The minimum Gasteiger partial charge on any atom is -0.478 e. The van der Waals surface area contributed by atoms with Gasteiger partial charge in [0.05, 0.1) is 17.6 Å². The fourth-order valence-corrected chi connectivity index (χ4v) is 2.01. The molecule has 0 spiro atoms. The summed E-state index contributed by atoms with van der Waals surface area (Å²) in [5.74, 6) is -0.990. The number of carboxylic acids is 1. The Morgan fingerprint density at radius 2 is 2.06 bits per heavy atom. The average Bonchev–Trinajstić information content (AvgIpc) is 2.53. The summed E-state index contributed by atoms with van der Waals surface area (Å²) in [6.07, 6.45) is 0. The monoisotopic (exact) mass is 248 g/mol. The van der Waals surface area contributed by atoms with Crippen LogP contribution < -0.4 is 4.90 Å². The van der Waals surface area contributed by atoms with Crippen molar-refractivity contribution in [1.82, 2.24) is 4.90 Å². The van der Waals surface area contributed by atoms with Gasteiger partial charge in [0.2, 0.25) is 0 Å². The highest BCUT2D eigenvalue weighted by Gasteiger charge is 2.41. The molecule has 96 valence electrons. The number of carboxylic acid groups (broad SMARTS) is 1. The Morgan fingerprint density at radius 3 is 2.56 bits per heavy atom. The molecule has 0 atom stereocenters. The van der Waals surface area contributed by atoms with Crippen LogP contribution in [0.15, 0.2) is 24.3 Å². The van der Waals surface area contributed by atoms with Gasteiger partial charge in [0.15, 0.2) is 0 Å². The first-order valence-electron chi connectivity index (χ1n) is 5.71. The van der Waals surface area contributed by atoms with E-state index in [1.54, 1.807) is 29.0 Å². The molecule has 1 heterocycles. The summed E-state index contributed by atoms with van der Waals surface area (Å²) in [5, 5.41) is 8.96. The molecule has 1 aromatic rings. The van der Waals surface area contributed by atoms with Crippen LogP contribution >= 0.6 is 0 Å². The maximum absolute atomic E-state index is 12.1. The van der Waals surface area contributed by atoms with Crippen LogP contribution in [0.2, 0.25) is 0 Å². The van der Waals surface area contributed by atoms with E-state index in [1.807, 2.05) is 13.8 Å². The highest BCUT2D eigenvalue weighted by Crippen LogP contribution is 2.29. The zero-order valence-electron chi connectivity index (χ0n) is 10.7. The van der Waals surface area contributed by atoms with E-state index in [-0.39, 0.29) is 17.1 Å². The van der Waals surface area contributed by atoms with Gasteiger partial charge in [-0.05, 0) is 32.0 Å². The van der Waals surface area contributed by atoms with Gasteiger partial charge in [-0.1, -0.05) is 6.07 Å². The van der Waals surface area contributed by atoms with Gasteiger partial charge >= 0.3 is 12.0 Å². The van der Waals surface area contributed by atoms with Gasteiger partial charge in [0.1, 0.15) is 0 Å². The molecule has 1 N–H and O–H groups in total. The number of carbonyl (C=O) groups is 2. The number of aromatic carboxylic acids is 1. The number of rotatable bonds is 2. The fraction of sp³-hybridized carbons (Fsp3) is 0.385. The van der Waals surface area contributed by atoms with E-state index in [4.69, 9.17) is 5.11 Å². The highest BCUT2D eigenvalue weighted by molar-refractivity contribution is 5.97. The zero-order chi connectivity index (χ0) is 13.5. The fourth-order valence-electron chi connectivity index (χ4n) is 2.01. The molecule has 1 aromatic carbocycles. The Kier molecular flexibility index (Phi) is 2.77. The number of nitrogens with zero attached hydrogens (tertiary/aromatic N) is 2. The molecule has 1 saturated heterocycles. The summed E-state index contributed by atoms with van der Waals surface area (Å²) in [6.45, 7) is 4.50. The normalized spacial score (nSPS) is 18.3. The Balaban J connectivity index is 2.36. The van der Waals surface area contributed by atoms with Gasteiger partial charge < -0.3 is 10.0 Å². The molecule has 0 aromatic heterocycles. The number of hydrogen-bond donors (Lipinski definition) is 1. The molecule has 1 aliphatic rings. The summed E-state index contributed by atoms with van der Waals surface area (Å²) in [4.78, 5) is 26.3. The van der Waals surface area contributed by atoms with Crippen LogP contribution in [-0.4, -0.2) is 41.1 Å². The second-order valence-electron chi connectivity index (χ2n) is 5.10. The van der Waals surface area contributed by atoms with Crippen molar-refractivity contribution in [3.05, 3.63) is 29.8 Å². The van der Waals surface area contributed by atoms with Crippen molar-refractivity contribution < 1.29 is 14.7 Å². The topological polar surface area (TPSA) is 60.9 Å². The van der Waals surface area contributed by atoms with Crippen LogP contribution in [0.1, 0.15) is 24.2 Å². The molecule has 2 amide bonds. The lowest BCUT2D eigenvalue weighted by atomic mass is 10.1. The predicted octanol–water partition coefficient (Wildman–Crippen LogP) is 2.04. The van der Waals surface area contributed by atoms with Gasteiger partial charge in [0.25, 0.3) is 0 Å². The minimum atomic E-state index is -0.990. The summed E-state index contributed by atoms with van der Waals surface area (Å²) >= 11 is 0. The van der Waals surface area contributed by atoms with Crippen molar-refractivity contribution in [2.75, 3.05) is 18.5 Å². The van der Waals surface area contributed by atoms with Crippen molar-refractivity contribution in [1.29, 1.82) is 0 Å². The van der Waals surface area contributed by atoms with Crippen LogP contribution in [0.5, 0.6) is 0 Å². The summed E-state index contributed by atoms with van der Waals surface area (Å²) < 4.78 is 0. The summed E-state index contributed by atoms with van der Waals surface area (Å²) in [5.41, 5.74) is 0.557. The molecule has 5 heteroatoms. The smallest absolute Gasteiger partial charge is 0.335 e. The van der Waals surface area contributed by atoms with Crippen molar-refractivity contribution in [3.8, 4) is 0 Å². The van der Waals surface area contributed by atoms with Gasteiger partial charge in [0, 0.05) is 12.7 Å². The largest absolute Gasteiger partial charge is 0.478 e. The molecular weight excluding hydrogens is 232 g/mol. The maximum atomic E-state index is 12.1. The molecule has 1 aliphatic heterocycles. The Bertz CT molecular complexity index is 511. The molecule has 5 nitrogen and oxygen atoms in total. The van der Waals surface area contributed by atoms with Crippen LogP contribution in [0.25, 0.3) is 0 Å². The molecule has 0 bridgehead atoms. The standard InChI is InChI=1S/C13H16N2O3/c1-13(2)8-15(12(18)14(13)3)10-6-4-5-9(7-10)11(16)17/h4-7H,8H2,1-3H3,(H,16,17). The lowest BCUT2D eigenvalue weighted by Gasteiger charge is -2.24. The average molecular weight is 248 g/mol.